The molecule has 0 unspecified atom stereocenters. The largest absolute Gasteiger partial charge is 0.573 e. The van der Waals surface area contributed by atoms with Gasteiger partial charge in [0.2, 0.25) is 0 Å². The van der Waals surface area contributed by atoms with E-state index in [4.69, 9.17) is 5.11 Å². The Balaban J connectivity index is 2.73. The molecule has 0 radical (unpaired) electrons. The second-order valence-electron chi connectivity index (χ2n) is 3.84. The van der Waals surface area contributed by atoms with Crippen LogP contribution in [-0.2, 0) is 4.79 Å². The zero-order valence-electron chi connectivity index (χ0n) is 10.4. The van der Waals surface area contributed by atoms with Crippen LogP contribution in [0.1, 0.15) is 23.7 Å². The van der Waals surface area contributed by atoms with Crippen molar-refractivity contribution in [3.8, 4) is 5.75 Å². The summed E-state index contributed by atoms with van der Waals surface area (Å²) in [6, 6.07) is 3.14. The number of alkyl halides is 3. The van der Waals surface area contributed by atoms with Crippen molar-refractivity contribution in [3.05, 3.63) is 29.8 Å². The number of amides is 1. The zero-order valence-corrected chi connectivity index (χ0v) is 10.4. The second-order valence-corrected chi connectivity index (χ2v) is 3.84. The van der Waals surface area contributed by atoms with Crippen molar-refractivity contribution in [1.29, 1.82) is 0 Å². The lowest BCUT2D eigenvalue weighted by atomic mass is 10.1. The van der Waals surface area contributed by atoms with Crippen LogP contribution in [0.2, 0.25) is 0 Å². The number of hydrogen-bond donors (Lipinski definition) is 2. The number of carboxylic acids is 1. The summed E-state index contributed by atoms with van der Waals surface area (Å²) in [7, 11) is 0. The van der Waals surface area contributed by atoms with Crippen LogP contribution in [0.25, 0.3) is 0 Å². The van der Waals surface area contributed by atoms with Gasteiger partial charge < -0.3 is 15.2 Å². The molecule has 1 atom stereocenters. The number of rotatable bonds is 5. The minimum absolute atomic E-state index is 0.0409. The SMILES string of the molecule is CC[C@@H](NC(=O)c1ccc(OC(F)(F)F)cc1)C(=O)O. The Bertz CT molecular complexity index is 484. The number of carbonyl (C=O) groups excluding carboxylic acids is 1. The summed E-state index contributed by atoms with van der Waals surface area (Å²) in [5.74, 6) is -2.32. The van der Waals surface area contributed by atoms with Gasteiger partial charge in [-0.05, 0) is 30.7 Å². The van der Waals surface area contributed by atoms with Crippen molar-refractivity contribution >= 4 is 11.9 Å². The molecule has 110 valence electrons. The normalized spacial score (nSPS) is 12.6. The van der Waals surface area contributed by atoms with E-state index in [0.29, 0.717) is 0 Å². The summed E-state index contributed by atoms with van der Waals surface area (Å²) in [4.78, 5) is 22.4. The van der Waals surface area contributed by atoms with E-state index in [0.717, 1.165) is 24.3 Å². The van der Waals surface area contributed by atoms with Gasteiger partial charge in [0.15, 0.2) is 0 Å². The molecular weight excluding hydrogens is 279 g/mol. The first kappa shape index (κ1) is 15.8. The van der Waals surface area contributed by atoms with Crippen LogP contribution in [0.4, 0.5) is 13.2 Å². The van der Waals surface area contributed by atoms with E-state index < -0.39 is 30.0 Å². The number of nitrogens with one attached hydrogen (secondary N) is 1. The second kappa shape index (κ2) is 6.27. The Hall–Kier alpha value is -2.25. The maximum atomic E-state index is 11.9. The zero-order chi connectivity index (χ0) is 15.3. The fourth-order valence-electron chi connectivity index (χ4n) is 1.39. The first-order valence-corrected chi connectivity index (χ1v) is 5.62. The third kappa shape index (κ3) is 4.79. The monoisotopic (exact) mass is 291 g/mol. The number of carbonyl (C=O) groups is 2. The molecule has 1 aromatic rings. The maximum Gasteiger partial charge on any atom is 0.573 e. The third-order valence-electron chi connectivity index (χ3n) is 2.36. The topological polar surface area (TPSA) is 75.6 Å². The van der Waals surface area contributed by atoms with Crippen molar-refractivity contribution in [2.45, 2.75) is 25.7 Å². The van der Waals surface area contributed by atoms with Gasteiger partial charge in [-0.2, -0.15) is 0 Å². The van der Waals surface area contributed by atoms with Gasteiger partial charge in [-0.15, -0.1) is 13.2 Å². The molecule has 0 aromatic heterocycles. The number of ether oxygens (including phenoxy) is 1. The summed E-state index contributed by atoms with van der Waals surface area (Å²) in [6.07, 6.45) is -4.61. The Morgan fingerprint density at radius 1 is 1.30 bits per heavy atom. The van der Waals surface area contributed by atoms with Gasteiger partial charge in [0, 0.05) is 5.56 Å². The van der Waals surface area contributed by atoms with Crippen molar-refractivity contribution in [2.75, 3.05) is 0 Å². The van der Waals surface area contributed by atoms with Crippen LogP contribution in [0.15, 0.2) is 24.3 Å². The first-order chi connectivity index (χ1) is 9.23. The summed E-state index contributed by atoms with van der Waals surface area (Å²) in [5.41, 5.74) is 0.0409. The summed E-state index contributed by atoms with van der Waals surface area (Å²) >= 11 is 0. The minimum Gasteiger partial charge on any atom is -0.480 e. The predicted octanol–water partition coefficient (Wildman–Crippen LogP) is 2.18. The van der Waals surface area contributed by atoms with E-state index >= 15 is 0 Å². The first-order valence-electron chi connectivity index (χ1n) is 5.62. The fourth-order valence-corrected chi connectivity index (χ4v) is 1.39. The molecule has 8 heteroatoms. The number of carboxylic acid groups (broad SMARTS) is 1. The molecule has 0 heterocycles. The lowest BCUT2D eigenvalue weighted by Gasteiger charge is -2.13. The van der Waals surface area contributed by atoms with Gasteiger partial charge in [0.1, 0.15) is 11.8 Å². The average molecular weight is 291 g/mol. The van der Waals surface area contributed by atoms with Gasteiger partial charge in [-0.25, -0.2) is 4.79 Å². The van der Waals surface area contributed by atoms with E-state index in [2.05, 4.69) is 10.1 Å². The Morgan fingerprint density at radius 2 is 1.85 bits per heavy atom. The predicted molar refractivity (Wildman–Crippen MR) is 62.3 cm³/mol. The average Bonchev–Trinajstić information content (AvgIpc) is 2.34. The summed E-state index contributed by atoms with van der Waals surface area (Å²) in [6.45, 7) is 1.58. The summed E-state index contributed by atoms with van der Waals surface area (Å²) in [5, 5.41) is 11.0. The molecule has 0 fully saturated rings. The molecule has 0 aliphatic rings. The minimum atomic E-state index is -4.81. The molecule has 1 rings (SSSR count). The van der Waals surface area contributed by atoms with Crippen molar-refractivity contribution in [1.82, 2.24) is 5.32 Å². The molecule has 0 bridgehead atoms. The molecule has 2 N–H and O–H groups in total. The van der Waals surface area contributed by atoms with Crippen LogP contribution in [-0.4, -0.2) is 29.4 Å². The number of aliphatic carboxylic acids is 1. The molecule has 5 nitrogen and oxygen atoms in total. The van der Waals surface area contributed by atoms with Gasteiger partial charge >= 0.3 is 12.3 Å². The van der Waals surface area contributed by atoms with E-state index in [1.807, 2.05) is 0 Å². The number of benzene rings is 1. The van der Waals surface area contributed by atoms with Crippen molar-refractivity contribution < 1.29 is 32.6 Å². The fraction of sp³-hybridized carbons (Fsp3) is 0.333. The van der Waals surface area contributed by atoms with Crippen LogP contribution >= 0.6 is 0 Å². The Morgan fingerprint density at radius 3 is 2.25 bits per heavy atom. The Kier molecular flexibility index (Phi) is 4.95. The maximum absolute atomic E-state index is 11.9. The molecule has 0 spiro atoms. The molecular formula is C12H12F3NO4. The quantitative estimate of drug-likeness (QED) is 0.872. The van der Waals surface area contributed by atoms with Crippen LogP contribution in [0.5, 0.6) is 5.75 Å². The van der Waals surface area contributed by atoms with Crippen molar-refractivity contribution in [2.24, 2.45) is 0 Å². The Labute approximate surface area is 112 Å². The molecule has 0 aliphatic carbocycles. The molecule has 0 saturated carbocycles. The molecule has 0 aliphatic heterocycles. The van der Waals surface area contributed by atoms with Gasteiger partial charge in [-0.3, -0.25) is 4.79 Å². The van der Waals surface area contributed by atoms with Crippen molar-refractivity contribution in [3.63, 3.8) is 0 Å². The van der Waals surface area contributed by atoms with E-state index in [9.17, 15) is 22.8 Å². The van der Waals surface area contributed by atoms with Gasteiger partial charge in [0.25, 0.3) is 5.91 Å². The number of hydrogen-bond acceptors (Lipinski definition) is 3. The molecule has 0 saturated heterocycles. The highest BCUT2D eigenvalue weighted by Crippen LogP contribution is 2.22. The smallest absolute Gasteiger partial charge is 0.480 e. The lowest BCUT2D eigenvalue weighted by Crippen LogP contribution is -2.40. The third-order valence-corrected chi connectivity index (χ3v) is 2.36. The van der Waals surface area contributed by atoms with E-state index in [-0.39, 0.29) is 12.0 Å². The molecule has 1 amide bonds. The van der Waals surface area contributed by atoms with E-state index in [1.165, 1.54) is 0 Å². The summed E-state index contributed by atoms with van der Waals surface area (Å²) < 4.78 is 39.5. The highest BCUT2D eigenvalue weighted by Gasteiger charge is 2.31. The number of halogens is 3. The standard InChI is InChI=1S/C12H12F3NO4/c1-2-9(11(18)19)16-10(17)7-3-5-8(6-4-7)20-12(13,14)15/h3-6,9H,2H2,1H3,(H,16,17)(H,18,19)/t9-/m1/s1. The molecule has 20 heavy (non-hydrogen) atoms. The lowest BCUT2D eigenvalue weighted by molar-refractivity contribution is -0.274. The van der Waals surface area contributed by atoms with Crippen LogP contribution in [0.3, 0.4) is 0 Å². The van der Waals surface area contributed by atoms with Gasteiger partial charge in [0.05, 0.1) is 0 Å². The van der Waals surface area contributed by atoms with Gasteiger partial charge in [-0.1, -0.05) is 6.92 Å². The molecule has 1 aromatic carbocycles. The highest BCUT2D eigenvalue weighted by atomic mass is 19.4. The highest BCUT2D eigenvalue weighted by molar-refractivity contribution is 5.96. The van der Waals surface area contributed by atoms with Crippen LogP contribution in [0, 0.1) is 0 Å². The van der Waals surface area contributed by atoms with Crippen LogP contribution < -0.4 is 10.1 Å². The van der Waals surface area contributed by atoms with E-state index in [1.54, 1.807) is 6.92 Å².